The molecular formula is C28H30N2O2. The summed E-state index contributed by atoms with van der Waals surface area (Å²) in [6.07, 6.45) is 3.06. The van der Waals surface area contributed by atoms with Crippen molar-refractivity contribution >= 4 is 5.91 Å². The topological polar surface area (TPSA) is 43.8 Å². The maximum Gasteiger partial charge on any atom is 0.254 e. The maximum absolute atomic E-state index is 12.9. The van der Waals surface area contributed by atoms with E-state index in [0.717, 1.165) is 44.5 Å². The second-order valence-electron chi connectivity index (χ2n) is 8.97. The van der Waals surface area contributed by atoms with Gasteiger partial charge in [-0.3, -0.25) is 4.79 Å². The fourth-order valence-electron chi connectivity index (χ4n) is 5.30. The van der Waals surface area contributed by atoms with Gasteiger partial charge in [-0.25, -0.2) is 0 Å². The quantitative estimate of drug-likeness (QED) is 0.601. The summed E-state index contributed by atoms with van der Waals surface area (Å²) in [6, 6.07) is 27.1. The molecule has 3 aromatic carbocycles. The Morgan fingerprint density at radius 2 is 1.47 bits per heavy atom. The predicted octanol–water partition coefficient (Wildman–Crippen LogP) is 5.03. The molecule has 2 aliphatic rings. The monoisotopic (exact) mass is 426 g/mol. The highest BCUT2D eigenvalue weighted by Crippen LogP contribution is 2.34. The molecule has 0 atom stereocenters. The number of carbonyl (C=O) groups is 1. The fourth-order valence-corrected chi connectivity index (χ4v) is 5.30. The molecule has 4 nitrogen and oxygen atoms in total. The third kappa shape index (κ3) is 4.15. The number of nitrogens with zero attached hydrogens (tertiary/aromatic N) is 2. The Balaban J connectivity index is 1.20. The van der Waals surface area contributed by atoms with Crippen molar-refractivity contribution in [1.29, 1.82) is 0 Å². The number of phenolic OH excluding ortho intramolecular Hbond substituents is 1. The lowest BCUT2D eigenvalue weighted by molar-refractivity contribution is 0.0595. The zero-order valence-corrected chi connectivity index (χ0v) is 18.4. The number of amides is 1. The Bertz CT molecular complexity index is 1020. The van der Waals surface area contributed by atoms with E-state index < -0.39 is 0 Å². The van der Waals surface area contributed by atoms with Crippen molar-refractivity contribution in [3.8, 4) is 5.75 Å². The molecule has 0 aliphatic carbocycles. The van der Waals surface area contributed by atoms with Crippen LogP contribution in [0.25, 0.3) is 0 Å². The summed E-state index contributed by atoms with van der Waals surface area (Å²) >= 11 is 0. The molecule has 0 radical (unpaired) electrons. The van der Waals surface area contributed by atoms with Crippen LogP contribution in [0.4, 0.5) is 0 Å². The van der Waals surface area contributed by atoms with Gasteiger partial charge in [-0.05, 0) is 49.1 Å². The van der Waals surface area contributed by atoms with E-state index in [-0.39, 0.29) is 17.7 Å². The summed E-state index contributed by atoms with van der Waals surface area (Å²) in [5.74, 6) is 0.707. The molecule has 5 rings (SSSR count). The van der Waals surface area contributed by atoms with E-state index in [0.29, 0.717) is 18.0 Å². The number of piperidine rings is 1. The number of benzene rings is 3. The van der Waals surface area contributed by atoms with E-state index >= 15 is 0 Å². The van der Waals surface area contributed by atoms with Crippen molar-refractivity contribution < 1.29 is 9.90 Å². The van der Waals surface area contributed by atoms with Gasteiger partial charge in [-0.15, -0.1) is 0 Å². The average molecular weight is 427 g/mol. The Hall–Kier alpha value is -3.11. The van der Waals surface area contributed by atoms with Gasteiger partial charge in [0.15, 0.2) is 0 Å². The second kappa shape index (κ2) is 9.17. The van der Waals surface area contributed by atoms with Gasteiger partial charge in [0.25, 0.3) is 5.91 Å². The molecule has 1 amide bonds. The first-order chi connectivity index (χ1) is 15.7. The van der Waals surface area contributed by atoms with Gasteiger partial charge < -0.3 is 14.9 Å². The molecule has 4 heteroatoms. The molecule has 164 valence electrons. The summed E-state index contributed by atoms with van der Waals surface area (Å²) in [7, 11) is 0. The van der Waals surface area contributed by atoms with Crippen LogP contribution in [-0.4, -0.2) is 46.5 Å². The largest absolute Gasteiger partial charge is 0.508 e. The van der Waals surface area contributed by atoms with Crippen LogP contribution in [0.15, 0.2) is 78.9 Å². The van der Waals surface area contributed by atoms with Gasteiger partial charge in [0, 0.05) is 36.2 Å². The zero-order chi connectivity index (χ0) is 21.9. The van der Waals surface area contributed by atoms with Crippen LogP contribution in [0.2, 0.25) is 0 Å². The highest BCUT2D eigenvalue weighted by Gasteiger charge is 2.35. The molecule has 0 saturated carbocycles. The van der Waals surface area contributed by atoms with Crippen LogP contribution >= 0.6 is 0 Å². The molecule has 2 heterocycles. The number of fused-ring (bicyclic) bond motifs is 1. The maximum atomic E-state index is 12.9. The number of aromatic hydroxyl groups is 1. The Kier molecular flexibility index (Phi) is 5.95. The first-order valence-corrected chi connectivity index (χ1v) is 11.6. The molecule has 2 aliphatic heterocycles. The van der Waals surface area contributed by atoms with Crippen LogP contribution in [-0.2, 0) is 6.54 Å². The lowest BCUT2D eigenvalue weighted by Gasteiger charge is -2.37. The molecule has 3 aromatic rings. The summed E-state index contributed by atoms with van der Waals surface area (Å²) in [6.45, 7) is 3.60. The molecule has 0 aromatic heterocycles. The summed E-state index contributed by atoms with van der Waals surface area (Å²) < 4.78 is 0. The SMILES string of the molecule is O=C1c2cccc(O)c2CN1C1CCN(CCC(c2ccccc2)c2ccccc2)CC1. The summed E-state index contributed by atoms with van der Waals surface area (Å²) in [4.78, 5) is 17.4. The Labute approximate surface area is 190 Å². The van der Waals surface area contributed by atoms with Crippen LogP contribution in [0, 0.1) is 0 Å². The van der Waals surface area contributed by atoms with Gasteiger partial charge in [0.05, 0.1) is 6.54 Å². The van der Waals surface area contributed by atoms with Crippen molar-refractivity contribution in [2.24, 2.45) is 0 Å². The van der Waals surface area contributed by atoms with Crippen molar-refractivity contribution in [2.75, 3.05) is 19.6 Å². The molecule has 1 N–H and O–H groups in total. The molecular weight excluding hydrogens is 396 g/mol. The van der Waals surface area contributed by atoms with Gasteiger partial charge in [0.2, 0.25) is 0 Å². The summed E-state index contributed by atoms with van der Waals surface area (Å²) in [5.41, 5.74) is 4.19. The van der Waals surface area contributed by atoms with Gasteiger partial charge in [0.1, 0.15) is 5.75 Å². The van der Waals surface area contributed by atoms with Crippen molar-refractivity contribution in [3.63, 3.8) is 0 Å². The lowest BCUT2D eigenvalue weighted by atomic mass is 9.88. The minimum atomic E-state index is 0.0718. The van der Waals surface area contributed by atoms with Crippen LogP contribution < -0.4 is 0 Å². The first-order valence-electron chi connectivity index (χ1n) is 11.6. The standard InChI is InChI=1S/C28H30N2O2/c31-27-13-7-12-25-26(27)20-30(28(25)32)23-14-17-29(18-15-23)19-16-24(21-8-3-1-4-9-21)22-10-5-2-6-11-22/h1-13,23-24,31H,14-20H2. The highest BCUT2D eigenvalue weighted by molar-refractivity contribution is 5.99. The number of hydrogen-bond acceptors (Lipinski definition) is 3. The average Bonchev–Trinajstić information content (AvgIpc) is 3.19. The molecule has 0 spiro atoms. The highest BCUT2D eigenvalue weighted by atomic mass is 16.3. The smallest absolute Gasteiger partial charge is 0.254 e. The van der Waals surface area contributed by atoms with Crippen LogP contribution in [0.3, 0.4) is 0 Å². The van der Waals surface area contributed by atoms with Gasteiger partial charge in [-0.1, -0.05) is 66.7 Å². The molecule has 1 fully saturated rings. The lowest BCUT2D eigenvalue weighted by Crippen LogP contribution is -2.45. The van der Waals surface area contributed by atoms with E-state index in [2.05, 4.69) is 65.6 Å². The normalized spacial score (nSPS) is 17.2. The predicted molar refractivity (Wildman–Crippen MR) is 127 cm³/mol. The minimum absolute atomic E-state index is 0.0718. The van der Waals surface area contributed by atoms with Gasteiger partial charge >= 0.3 is 0 Å². The third-order valence-electron chi connectivity index (χ3n) is 7.11. The molecule has 32 heavy (non-hydrogen) atoms. The van der Waals surface area contributed by atoms with Crippen molar-refractivity contribution in [3.05, 3.63) is 101 Å². The van der Waals surface area contributed by atoms with E-state index in [1.807, 2.05) is 11.0 Å². The summed E-state index contributed by atoms with van der Waals surface area (Å²) in [5, 5.41) is 10.1. The van der Waals surface area contributed by atoms with Crippen LogP contribution in [0.5, 0.6) is 5.75 Å². The van der Waals surface area contributed by atoms with Gasteiger partial charge in [-0.2, -0.15) is 0 Å². The van der Waals surface area contributed by atoms with Crippen molar-refractivity contribution in [1.82, 2.24) is 9.80 Å². The minimum Gasteiger partial charge on any atom is -0.508 e. The third-order valence-corrected chi connectivity index (χ3v) is 7.11. The van der Waals surface area contributed by atoms with Crippen molar-refractivity contribution in [2.45, 2.75) is 37.8 Å². The van der Waals surface area contributed by atoms with E-state index in [4.69, 9.17) is 0 Å². The molecule has 1 saturated heterocycles. The number of carbonyl (C=O) groups excluding carboxylic acids is 1. The molecule has 0 bridgehead atoms. The number of rotatable bonds is 6. The van der Waals surface area contributed by atoms with E-state index in [1.165, 1.54) is 11.1 Å². The Morgan fingerprint density at radius 1 is 0.844 bits per heavy atom. The van der Waals surface area contributed by atoms with Crippen LogP contribution in [0.1, 0.15) is 52.2 Å². The number of hydrogen-bond donors (Lipinski definition) is 1. The number of phenols is 1. The van der Waals surface area contributed by atoms with E-state index in [1.54, 1.807) is 12.1 Å². The number of likely N-dealkylation sites (tertiary alicyclic amines) is 1. The fraction of sp³-hybridized carbons (Fsp3) is 0.321. The molecule has 0 unspecified atom stereocenters. The van der Waals surface area contributed by atoms with E-state index in [9.17, 15) is 9.90 Å². The first kappa shape index (κ1) is 20.8. The Morgan fingerprint density at radius 3 is 2.06 bits per heavy atom. The second-order valence-corrected chi connectivity index (χ2v) is 8.97. The zero-order valence-electron chi connectivity index (χ0n) is 18.4.